The van der Waals surface area contributed by atoms with E-state index in [-0.39, 0.29) is 23.4 Å². The molecular formula is C35H35F3N3O6PS. The Morgan fingerprint density at radius 1 is 1.00 bits per heavy atom. The minimum absolute atomic E-state index is 0.00995. The van der Waals surface area contributed by atoms with Crippen LogP contribution in [-0.4, -0.2) is 37.0 Å². The van der Waals surface area contributed by atoms with Crippen LogP contribution in [0.4, 0.5) is 13.2 Å². The lowest BCUT2D eigenvalue weighted by Crippen LogP contribution is -2.51. The molecule has 0 radical (unpaired) electrons. The highest BCUT2D eigenvalue weighted by molar-refractivity contribution is 7.46. The quantitative estimate of drug-likeness (QED) is 0.120. The van der Waals surface area contributed by atoms with Gasteiger partial charge in [-0.2, -0.15) is 18.2 Å². The first-order valence-electron chi connectivity index (χ1n) is 15.5. The Balaban J connectivity index is 1.70. The second-order valence-electron chi connectivity index (χ2n) is 11.6. The third kappa shape index (κ3) is 9.11. The number of carbonyl (C=O) groups excluding carboxylic acids is 1. The zero-order chi connectivity index (χ0) is 35.2. The summed E-state index contributed by atoms with van der Waals surface area (Å²) in [6, 6.07) is 22.1. The number of phosphoric acid groups is 1. The van der Waals surface area contributed by atoms with Crippen LogP contribution in [0.15, 0.2) is 102 Å². The smallest absolute Gasteiger partial charge is 0.469 e. The van der Waals surface area contributed by atoms with Crippen molar-refractivity contribution < 1.29 is 41.6 Å². The number of thiazole rings is 1. The Hall–Kier alpha value is -4.13. The highest BCUT2D eigenvalue weighted by Gasteiger charge is 2.44. The molecule has 5 rings (SSSR count). The van der Waals surface area contributed by atoms with E-state index in [0.717, 1.165) is 35.2 Å². The number of aryl methyl sites for hydroxylation is 1. The van der Waals surface area contributed by atoms with Gasteiger partial charge < -0.3 is 19.1 Å². The van der Waals surface area contributed by atoms with Gasteiger partial charge in [0.15, 0.2) is 4.80 Å². The average molecular weight is 714 g/mol. The molecule has 1 amide bonds. The van der Waals surface area contributed by atoms with Crippen molar-refractivity contribution in [3.8, 4) is 5.75 Å². The van der Waals surface area contributed by atoms with E-state index in [1.807, 2.05) is 11.5 Å². The van der Waals surface area contributed by atoms with Gasteiger partial charge in [0.05, 0.1) is 27.5 Å². The first kappa shape index (κ1) is 36.2. The Labute approximate surface area is 285 Å². The lowest BCUT2D eigenvalue weighted by atomic mass is 9.83. The largest absolute Gasteiger partial charge is 0.483 e. The lowest BCUT2D eigenvalue weighted by molar-refractivity contribution is -0.137. The molecule has 258 valence electrons. The maximum Gasteiger partial charge on any atom is 0.469 e. The monoisotopic (exact) mass is 713 g/mol. The minimum atomic E-state index is -5.09. The molecule has 1 atom stereocenters. The van der Waals surface area contributed by atoms with Gasteiger partial charge in [-0.1, -0.05) is 85.3 Å². The molecule has 2 heterocycles. The number of hydrogen-bond acceptors (Lipinski definition) is 6. The first-order valence-corrected chi connectivity index (χ1v) is 17.9. The Morgan fingerprint density at radius 2 is 1.63 bits per heavy atom. The number of phosphoric ester groups is 1. The van der Waals surface area contributed by atoms with E-state index in [1.165, 1.54) is 18.3 Å². The number of amides is 1. The summed E-state index contributed by atoms with van der Waals surface area (Å²) in [5, 5.41) is 0. The molecule has 5 aromatic rings. The van der Waals surface area contributed by atoms with Crippen molar-refractivity contribution in [2.75, 3.05) is 0 Å². The number of fused-ring (bicyclic) bond motifs is 1. The number of nitrogens with zero attached hydrogens (tertiary/aromatic N) is 3. The fourth-order valence-corrected chi connectivity index (χ4v) is 7.18. The topological polar surface area (TPSA) is 123 Å². The van der Waals surface area contributed by atoms with Crippen LogP contribution in [0.25, 0.3) is 10.2 Å². The highest BCUT2D eigenvalue weighted by atomic mass is 32.1. The first-order chi connectivity index (χ1) is 23.3. The third-order valence-corrected chi connectivity index (χ3v) is 9.65. The molecule has 0 aliphatic rings. The number of benzene rings is 3. The fourth-order valence-electron chi connectivity index (χ4n) is 5.55. The SMILES string of the molecule is CCCCn1c(=NC(=O)c2cc(C(F)(F)F)ccc2OC(Cc2ccccc2)(Cc2ccccc2)[C@H](C)OP(=O)(O)O)sc2ccncc21. The minimum Gasteiger partial charge on any atom is -0.483 e. The summed E-state index contributed by atoms with van der Waals surface area (Å²) in [5.41, 5.74) is -1.07. The summed E-state index contributed by atoms with van der Waals surface area (Å²) >= 11 is 1.21. The van der Waals surface area contributed by atoms with Crippen molar-refractivity contribution in [1.29, 1.82) is 0 Å². The van der Waals surface area contributed by atoms with Crippen LogP contribution in [-0.2, 0) is 34.7 Å². The fraction of sp³-hybridized carbons (Fsp3) is 0.286. The predicted octanol–water partition coefficient (Wildman–Crippen LogP) is 7.76. The second kappa shape index (κ2) is 15.2. The maximum atomic E-state index is 14.1. The van der Waals surface area contributed by atoms with E-state index >= 15 is 0 Å². The number of unbranched alkanes of at least 4 members (excludes halogenated alkanes) is 1. The molecule has 0 saturated heterocycles. The van der Waals surface area contributed by atoms with Crippen molar-refractivity contribution in [3.63, 3.8) is 0 Å². The number of alkyl halides is 3. The molecule has 3 aromatic carbocycles. The van der Waals surface area contributed by atoms with Crippen LogP contribution in [0.5, 0.6) is 5.75 Å². The maximum absolute atomic E-state index is 14.1. The van der Waals surface area contributed by atoms with Crippen molar-refractivity contribution in [3.05, 3.63) is 124 Å². The molecule has 14 heteroatoms. The van der Waals surface area contributed by atoms with E-state index in [2.05, 4.69) is 9.98 Å². The van der Waals surface area contributed by atoms with Crippen LogP contribution in [0, 0.1) is 0 Å². The number of ether oxygens (including phenoxy) is 1. The molecule has 0 aliphatic heterocycles. The van der Waals surface area contributed by atoms with Gasteiger partial charge >= 0.3 is 14.0 Å². The van der Waals surface area contributed by atoms with Crippen LogP contribution >= 0.6 is 19.2 Å². The molecule has 0 saturated carbocycles. The van der Waals surface area contributed by atoms with E-state index in [4.69, 9.17) is 9.26 Å². The van der Waals surface area contributed by atoms with Crippen LogP contribution < -0.4 is 9.54 Å². The van der Waals surface area contributed by atoms with E-state index in [0.29, 0.717) is 23.7 Å². The zero-order valence-electron chi connectivity index (χ0n) is 26.7. The van der Waals surface area contributed by atoms with Gasteiger partial charge in [-0.05, 0) is 48.7 Å². The number of aromatic nitrogens is 2. The van der Waals surface area contributed by atoms with Crippen LogP contribution in [0.2, 0.25) is 0 Å². The molecule has 0 fully saturated rings. The predicted molar refractivity (Wildman–Crippen MR) is 180 cm³/mol. The van der Waals surface area contributed by atoms with Crippen molar-refractivity contribution in [1.82, 2.24) is 9.55 Å². The Bertz CT molecular complexity index is 1970. The summed E-state index contributed by atoms with van der Waals surface area (Å²) in [6.45, 7) is 3.94. The lowest BCUT2D eigenvalue weighted by Gasteiger charge is -2.40. The normalized spacial score (nSPS) is 13.5. The summed E-state index contributed by atoms with van der Waals surface area (Å²) in [5.74, 6) is -1.24. The van der Waals surface area contributed by atoms with E-state index in [9.17, 15) is 32.3 Å². The number of rotatable bonds is 13. The molecule has 9 nitrogen and oxygen atoms in total. The van der Waals surface area contributed by atoms with Crippen molar-refractivity contribution in [2.24, 2.45) is 4.99 Å². The number of hydrogen-bond donors (Lipinski definition) is 2. The standard InChI is InChI=1S/C35H35F3N3O6PS/c1-3-4-19-41-29-23-39-18-17-31(29)49-33(41)40-32(42)28-20-27(35(36,37)38)15-16-30(28)46-34(24(2)47-48(43,44)45,21-25-11-7-5-8-12-25)22-26-13-9-6-10-14-26/h5-18,20,23-24H,3-4,19,21-22H2,1-2H3,(H2,43,44,45)/t24-/m0/s1. The molecular weight excluding hydrogens is 678 g/mol. The van der Waals surface area contributed by atoms with Crippen molar-refractivity contribution in [2.45, 2.75) is 64.0 Å². The van der Waals surface area contributed by atoms with E-state index in [1.54, 1.807) is 79.1 Å². The summed E-state index contributed by atoms with van der Waals surface area (Å²) in [7, 11) is -5.09. The van der Waals surface area contributed by atoms with Gasteiger partial charge in [-0.15, -0.1) is 0 Å². The van der Waals surface area contributed by atoms with Gasteiger partial charge in [-0.3, -0.25) is 14.3 Å². The number of pyridine rings is 1. The van der Waals surface area contributed by atoms with Crippen LogP contribution in [0.1, 0.15) is 53.7 Å². The molecule has 0 bridgehead atoms. The summed E-state index contributed by atoms with van der Waals surface area (Å²) in [6.07, 6.45) is -1.24. The number of halogens is 3. The van der Waals surface area contributed by atoms with Gasteiger partial charge in [0, 0.05) is 25.6 Å². The van der Waals surface area contributed by atoms with Crippen molar-refractivity contribution >= 4 is 35.3 Å². The Kier molecular flexibility index (Phi) is 11.2. The van der Waals surface area contributed by atoms with Gasteiger partial charge in [0.2, 0.25) is 0 Å². The van der Waals surface area contributed by atoms with Crippen LogP contribution in [0.3, 0.4) is 0 Å². The van der Waals surface area contributed by atoms with Gasteiger partial charge in [0.1, 0.15) is 17.5 Å². The Morgan fingerprint density at radius 3 is 2.20 bits per heavy atom. The van der Waals surface area contributed by atoms with E-state index < -0.39 is 42.7 Å². The van der Waals surface area contributed by atoms with Gasteiger partial charge in [0.25, 0.3) is 5.91 Å². The zero-order valence-corrected chi connectivity index (χ0v) is 28.4. The summed E-state index contributed by atoms with van der Waals surface area (Å²) < 4.78 is 68.8. The third-order valence-electron chi connectivity index (χ3n) is 8.00. The molecule has 2 aromatic heterocycles. The second-order valence-corrected chi connectivity index (χ2v) is 13.8. The molecule has 0 spiro atoms. The molecule has 0 unspecified atom stereocenters. The average Bonchev–Trinajstić information content (AvgIpc) is 3.40. The molecule has 49 heavy (non-hydrogen) atoms. The molecule has 2 N–H and O–H groups in total. The molecule has 0 aliphatic carbocycles. The highest BCUT2D eigenvalue weighted by Crippen LogP contribution is 2.43. The van der Waals surface area contributed by atoms with Gasteiger partial charge in [-0.25, -0.2) is 4.57 Å². The number of carbonyl (C=O) groups is 1. The summed E-state index contributed by atoms with van der Waals surface area (Å²) in [4.78, 5) is 42.5.